The van der Waals surface area contributed by atoms with Crippen LogP contribution in [-0.4, -0.2) is 34.9 Å². The lowest BCUT2D eigenvalue weighted by atomic mass is 10.0. The summed E-state index contributed by atoms with van der Waals surface area (Å²) in [4.78, 5) is 17.8. The molecule has 1 N–H and O–H groups in total. The summed E-state index contributed by atoms with van der Waals surface area (Å²) in [5, 5.41) is 4.26. The number of anilines is 1. The van der Waals surface area contributed by atoms with E-state index in [9.17, 15) is 9.18 Å². The number of likely N-dealkylation sites (tertiary alicyclic amines) is 1. The second-order valence-corrected chi connectivity index (χ2v) is 5.92. The largest absolute Gasteiger partial charge is 0.380 e. The summed E-state index contributed by atoms with van der Waals surface area (Å²) in [7, 11) is 0. The molecule has 0 saturated carbocycles. The predicted molar refractivity (Wildman–Crippen MR) is 85.3 cm³/mol. The van der Waals surface area contributed by atoms with E-state index in [1.54, 1.807) is 13.0 Å². The number of piperidine rings is 1. The van der Waals surface area contributed by atoms with E-state index < -0.39 is 0 Å². The quantitative estimate of drug-likeness (QED) is 0.927. The summed E-state index contributed by atoms with van der Waals surface area (Å²) in [5.41, 5.74) is 2.56. The van der Waals surface area contributed by atoms with Crippen LogP contribution in [0.2, 0.25) is 0 Å². The minimum absolute atomic E-state index is 0.105. The van der Waals surface area contributed by atoms with Gasteiger partial charge in [-0.1, -0.05) is 0 Å². The number of hydrogen-bond acceptors (Lipinski definition) is 3. The molecule has 0 bridgehead atoms. The lowest BCUT2D eigenvalue weighted by molar-refractivity contribution is -0.129. The van der Waals surface area contributed by atoms with Gasteiger partial charge in [0.25, 0.3) is 0 Å². The molecule has 1 aliphatic heterocycles. The third kappa shape index (κ3) is 3.03. The minimum Gasteiger partial charge on any atom is -0.380 e. The number of aromatic nitrogens is 1. The van der Waals surface area contributed by atoms with Crippen molar-refractivity contribution in [3.8, 4) is 0 Å². The van der Waals surface area contributed by atoms with Crippen LogP contribution in [0.4, 0.5) is 10.1 Å². The van der Waals surface area contributed by atoms with Gasteiger partial charge in [-0.2, -0.15) is 0 Å². The van der Waals surface area contributed by atoms with E-state index in [0.29, 0.717) is 6.54 Å². The molecule has 3 rings (SSSR count). The Balaban J connectivity index is 1.89. The molecule has 4 nitrogen and oxygen atoms in total. The lowest BCUT2D eigenvalue weighted by Gasteiger charge is -2.33. The van der Waals surface area contributed by atoms with Crippen LogP contribution in [0, 0.1) is 12.7 Å². The molecule has 1 unspecified atom stereocenters. The predicted octanol–water partition coefficient (Wildman–Crippen LogP) is 3.11. The van der Waals surface area contributed by atoms with Crippen molar-refractivity contribution in [3.63, 3.8) is 0 Å². The molecule has 22 heavy (non-hydrogen) atoms. The average molecular weight is 301 g/mol. The lowest BCUT2D eigenvalue weighted by Crippen LogP contribution is -2.44. The normalized spacial score (nSPS) is 18.5. The van der Waals surface area contributed by atoms with E-state index in [-0.39, 0.29) is 17.8 Å². The summed E-state index contributed by atoms with van der Waals surface area (Å²) < 4.78 is 13.6. The van der Waals surface area contributed by atoms with Gasteiger partial charge < -0.3 is 10.2 Å². The summed E-state index contributed by atoms with van der Waals surface area (Å²) in [5.74, 6) is -0.163. The van der Waals surface area contributed by atoms with Crippen molar-refractivity contribution in [2.45, 2.75) is 32.7 Å². The molecule has 2 aromatic rings. The summed E-state index contributed by atoms with van der Waals surface area (Å²) >= 11 is 0. The molecule has 2 heterocycles. The van der Waals surface area contributed by atoms with Gasteiger partial charge in [0.15, 0.2) is 0 Å². The summed E-state index contributed by atoms with van der Waals surface area (Å²) in [6.07, 6.45) is 1.98. The molecule has 0 radical (unpaired) electrons. The van der Waals surface area contributed by atoms with E-state index in [4.69, 9.17) is 0 Å². The second-order valence-electron chi connectivity index (χ2n) is 5.92. The maximum Gasteiger partial charge on any atom is 0.219 e. The van der Waals surface area contributed by atoms with Crippen molar-refractivity contribution in [2.75, 3.05) is 18.4 Å². The first-order chi connectivity index (χ1) is 10.5. The van der Waals surface area contributed by atoms with E-state index >= 15 is 0 Å². The molecular formula is C17H20FN3O. The van der Waals surface area contributed by atoms with Gasteiger partial charge in [0.2, 0.25) is 5.91 Å². The van der Waals surface area contributed by atoms with Crippen LogP contribution in [0.25, 0.3) is 10.9 Å². The Kier molecular flexibility index (Phi) is 3.96. The molecule has 1 aliphatic rings. The van der Waals surface area contributed by atoms with Gasteiger partial charge >= 0.3 is 0 Å². The Morgan fingerprint density at radius 3 is 3.00 bits per heavy atom. The maximum absolute atomic E-state index is 13.6. The Hall–Kier alpha value is -2.17. The topological polar surface area (TPSA) is 45.2 Å². The van der Waals surface area contributed by atoms with E-state index in [1.165, 1.54) is 12.1 Å². The summed E-state index contributed by atoms with van der Waals surface area (Å²) in [6.45, 7) is 5.03. The smallest absolute Gasteiger partial charge is 0.219 e. The number of nitrogens with one attached hydrogen (secondary N) is 1. The number of nitrogens with zero attached hydrogens (tertiary/aromatic N) is 2. The van der Waals surface area contributed by atoms with Gasteiger partial charge in [-0.3, -0.25) is 9.78 Å². The van der Waals surface area contributed by atoms with Crippen molar-refractivity contribution >= 4 is 22.5 Å². The van der Waals surface area contributed by atoms with Gasteiger partial charge in [0, 0.05) is 42.8 Å². The Bertz CT molecular complexity index is 716. The van der Waals surface area contributed by atoms with Gasteiger partial charge in [-0.05, 0) is 44.0 Å². The highest BCUT2D eigenvalue weighted by atomic mass is 19.1. The van der Waals surface area contributed by atoms with Crippen LogP contribution < -0.4 is 5.32 Å². The zero-order valence-electron chi connectivity index (χ0n) is 12.9. The molecule has 1 saturated heterocycles. The number of carbonyl (C=O) groups excluding carboxylic acids is 1. The highest BCUT2D eigenvalue weighted by molar-refractivity contribution is 5.91. The number of pyridine rings is 1. The first-order valence-corrected chi connectivity index (χ1v) is 7.62. The van der Waals surface area contributed by atoms with E-state index in [1.807, 2.05) is 17.9 Å². The van der Waals surface area contributed by atoms with Crippen molar-refractivity contribution < 1.29 is 9.18 Å². The number of halogens is 1. The Morgan fingerprint density at radius 2 is 2.23 bits per heavy atom. The van der Waals surface area contributed by atoms with Crippen LogP contribution in [0.3, 0.4) is 0 Å². The fourth-order valence-electron chi connectivity index (χ4n) is 3.05. The van der Waals surface area contributed by atoms with Gasteiger partial charge in [0.1, 0.15) is 5.82 Å². The molecule has 0 spiro atoms. The number of benzene rings is 1. The molecule has 1 fully saturated rings. The average Bonchev–Trinajstić information content (AvgIpc) is 2.48. The maximum atomic E-state index is 13.6. The number of rotatable bonds is 2. The minimum atomic E-state index is -0.268. The molecule has 1 atom stereocenters. The zero-order chi connectivity index (χ0) is 15.7. The van der Waals surface area contributed by atoms with Crippen LogP contribution in [0.5, 0.6) is 0 Å². The first-order valence-electron chi connectivity index (χ1n) is 7.62. The van der Waals surface area contributed by atoms with E-state index in [0.717, 1.165) is 41.7 Å². The van der Waals surface area contributed by atoms with Crippen molar-refractivity contribution in [2.24, 2.45) is 0 Å². The molecule has 0 aliphatic carbocycles. The molecule has 5 heteroatoms. The highest BCUT2D eigenvalue weighted by Gasteiger charge is 2.22. The van der Waals surface area contributed by atoms with Crippen molar-refractivity contribution in [1.29, 1.82) is 0 Å². The highest BCUT2D eigenvalue weighted by Crippen LogP contribution is 2.26. The first kappa shape index (κ1) is 14.8. The number of hydrogen-bond donors (Lipinski definition) is 1. The fraction of sp³-hybridized carbons (Fsp3) is 0.412. The van der Waals surface area contributed by atoms with E-state index in [2.05, 4.69) is 10.3 Å². The molecule has 1 aromatic heterocycles. The molecule has 116 valence electrons. The summed E-state index contributed by atoms with van der Waals surface area (Å²) in [6, 6.07) is 6.76. The third-order valence-electron chi connectivity index (χ3n) is 4.13. The monoisotopic (exact) mass is 301 g/mol. The van der Waals surface area contributed by atoms with Crippen LogP contribution >= 0.6 is 0 Å². The van der Waals surface area contributed by atoms with Crippen molar-refractivity contribution in [3.05, 3.63) is 35.8 Å². The van der Waals surface area contributed by atoms with Crippen molar-refractivity contribution in [1.82, 2.24) is 9.88 Å². The zero-order valence-corrected chi connectivity index (χ0v) is 12.9. The SMILES string of the molecule is CC(=O)N1CCCC(Nc2cc(C)nc3ccc(F)cc23)C1. The van der Waals surface area contributed by atoms with Crippen LogP contribution in [0.15, 0.2) is 24.3 Å². The van der Waals surface area contributed by atoms with Gasteiger partial charge in [0.05, 0.1) is 5.52 Å². The Morgan fingerprint density at radius 1 is 1.41 bits per heavy atom. The number of aryl methyl sites for hydroxylation is 1. The molecular weight excluding hydrogens is 281 g/mol. The van der Waals surface area contributed by atoms with Crippen LogP contribution in [0.1, 0.15) is 25.5 Å². The number of amides is 1. The number of fused-ring (bicyclic) bond motifs is 1. The van der Waals surface area contributed by atoms with Crippen LogP contribution in [-0.2, 0) is 4.79 Å². The fourth-order valence-corrected chi connectivity index (χ4v) is 3.05. The van der Waals surface area contributed by atoms with Gasteiger partial charge in [-0.25, -0.2) is 4.39 Å². The molecule has 1 aromatic carbocycles. The van der Waals surface area contributed by atoms with Gasteiger partial charge in [-0.15, -0.1) is 0 Å². The third-order valence-corrected chi connectivity index (χ3v) is 4.13. The second kappa shape index (κ2) is 5.91. The Labute approximate surface area is 129 Å². The standard InChI is InChI=1S/C17H20FN3O/c1-11-8-17(15-9-13(18)5-6-16(15)19-11)20-14-4-3-7-21(10-14)12(2)22/h5-6,8-9,14H,3-4,7,10H2,1-2H3,(H,19,20). The number of carbonyl (C=O) groups is 1. The molecule has 1 amide bonds.